The minimum Gasteiger partial charge on any atom is -0.497 e. The molecule has 11 nitrogen and oxygen atoms in total. The molecule has 1 aliphatic rings. The van der Waals surface area contributed by atoms with Gasteiger partial charge in [0.05, 0.1) is 48.5 Å². The lowest BCUT2D eigenvalue weighted by atomic mass is 10.0. The Kier molecular flexibility index (Phi) is 9.80. The van der Waals surface area contributed by atoms with E-state index in [1.165, 1.54) is 19.4 Å². The highest BCUT2D eigenvalue weighted by Gasteiger charge is 2.25. The fourth-order valence-electron chi connectivity index (χ4n) is 4.54. The maximum Gasteiger partial charge on any atom is 0.236 e. The summed E-state index contributed by atoms with van der Waals surface area (Å²) in [5, 5.41) is 5.86. The number of hydrogen-bond acceptors (Lipinski definition) is 10. The van der Waals surface area contributed by atoms with E-state index in [0.717, 1.165) is 37.1 Å². The third-order valence-electron chi connectivity index (χ3n) is 7.13. The molecule has 4 rings (SSSR count). The molecule has 1 aromatic heterocycles. The van der Waals surface area contributed by atoms with Crippen LogP contribution in [0, 0.1) is 0 Å². The molecule has 0 atom stereocenters. The first-order valence-corrected chi connectivity index (χ1v) is 15.5. The minimum absolute atomic E-state index is 0.0776. The van der Waals surface area contributed by atoms with Crippen molar-refractivity contribution in [3.63, 3.8) is 0 Å². The molecule has 0 aliphatic carbocycles. The standard InChI is InChI=1S/C29H37ClN6O5S/c1-18(2)42(38,39)26-15-21(40-5)7-8-23(26)32-28-22(30)16-31-29(34-28)33-24-13-19-9-11-36(17-27(37)35(3)4)12-10-20(19)14-25(24)41-6/h7-8,13-16,18H,9-12,17H2,1-6H3,(H2,31,32,33,34). The smallest absolute Gasteiger partial charge is 0.236 e. The van der Waals surface area contributed by atoms with E-state index < -0.39 is 15.1 Å². The van der Waals surface area contributed by atoms with Crippen molar-refractivity contribution in [3.05, 3.63) is 52.7 Å². The van der Waals surface area contributed by atoms with Crippen molar-refractivity contribution >= 4 is 50.5 Å². The third-order valence-corrected chi connectivity index (χ3v) is 9.60. The van der Waals surface area contributed by atoms with Crippen molar-refractivity contribution in [2.75, 3.05) is 58.6 Å². The van der Waals surface area contributed by atoms with Crippen LogP contribution in [-0.4, -0.2) is 87.3 Å². The predicted octanol–water partition coefficient (Wildman–Crippen LogP) is 4.31. The molecule has 0 radical (unpaired) electrons. The Balaban J connectivity index is 1.60. The Morgan fingerprint density at radius 1 is 1.05 bits per heavy atom. The Bertz CT molecular complexity index is 1560. The number of aromatic nitrogens is 2. The summed E-state index contributed by atoms with van der Waals surface area (Å²) in [5.74, 6) is 1.59. The Labute approximate surface area is 252 Å². The molecular formula is C29H37ClN6O5S. The van der Waals surface area contributed by atoms with Gasteiger partial charge in [-0.05, 0) is 62.1 Å². The second-order valence-corrected chi connectivity index (χ2v) is 13.4. The van der Waals surface area contributed by atoms with Crippen LogP contribution < -0.4 is 20.1 Å². The van der Waals surface area contributed by atoms with Crippen LogP contribution in [0.25, 0.3) is 0 Å². The number of amides is 1. The molecule has 42 heavy (non-hydrogen) atoms. The van der Waals surface area contributed by atoms with Gasteiger partial charge in [-0.1, -0.05) is 11.6 Å². The zero-order valence-electron chi connectivity index (χ0n) is 24.7. The fourth-order valence-corrected chi connectivity index (χ4v) is 5.90. The molecule has 3 aromatic rings. The number of anilines is 4. The SMILES string of the molecule is COc1ccc(Nc2nc(Nc3cc4c(cc3OC)CCN(CC(=O)N(C)C)CC4)ncc2Cl)c(S(=O)(=O)C(C)C)c1. The van der Waals surface area contributed by atoms with E-state index in [0.29, 0.717) is 29.4 Å². The number of rotatable bonds is 10. The molecule has 1 amide bonds. The summed E-state index contributed by atoms with van der Waals surface area (Å²) in [6.45, 7) is 5.15. The van der Waals surface area contributed by atoms with Gasteiger partial charge in [0.25, 0.3) is 0 Å². The van der Waals surface area contributed by atoms with Crippen molar-refractivity contribution < 1.29 is 22.7 Å². The first kappa shape index (κ1) is 31.3. The van der Waals surface area contributed by atoms with Gasteiger partial charge in [0.15, 0.2) is 15.7 Å². The first-order valence-electron chi connectivity index (χ1n) is 13.5. The van der Waals surface area contributed by atoms with Crippen LogP contribution in [0.3, 0.4) is 0 Å². The molecule has 13 heteroatoms. The Hall–Kier alpha value is -3.61. The van der Waals surface area contributed by atoms with Crippen LogP contribution in [0.5, 0.6) is 11.5 Å². The molecule has 0 saturated carbocycles. The van der Waals surface area contributed by atoms with Crippen LogP contribution in [0.15, 0.2) is 41.4 Å². The number of nitrogens with zero attached hydrogens (tertiary/aromatic N) is 4. The van der Waals surface area contributed by atoms with Gasteiger partial charge in [-0.15, -0.1) is 0 Å². The molecule has 2 heterocycles. The van der Waals surface area contributed by atoms with Crippen LogP contribution in [0.2, 0.25) is 5.02 Å². The summed E-state index contributed by atoms with van der Waals surface area (Å²) in [5.41, 5.74) is 3.30. The first-order chi connectivity index (χ1) is 19.9. The van der Waals surface area contributed by atoms with E-state index in [1.807, 2.05) is 12.1 Å². The normalized spacial score (nSPS) is 13.7. The number of likely N-dealkylation sites (N-methyl/N-ethyl adjacent to an activating group) is 1. The zero-order chi connectivity index (χ0) is 30.6. The van der Waals surface area contributed by atoms with E-state index in [2.05, 4.69) is 25.5 Å². The molecule has 0 spiro atoms. The van der Waals surface area contributed by atoms with Gasteiger partial charge in [-0.2, -0.15) is 4.98 Å². The predicted molar refractivity (Wildman–Crippen MR) is 164 cm³/mol. The molecule has 1 aliphatic heterocycles. The van der Waals surface area contributed by atoms with Gasteiger partial charge < -0.3 is 25.0 Å². The zero-order valence-corrected chi connectivity index (χ0v) is 26.3. The number of carbonyl (C=O) groups excluding carboxylic acids is 1. The van der Waals surface area contributed by atoms with Crippen LogP contribution in [0.1, 0.15) is 25.0 Å². The molecule has 2 N–H and O–H groups in total. The molecule has 0 saturated heterocycles. The lowest BCUT2D eigenvalue weighted by Crippen LogP contribution is -2.37. The van der Waals surface area contributed by atoms with Crippen LogP contribution >= 0.6 is 11.6 Å². The van der Waals surface area contributed by atoms with Crippen molar-refractivity contribution in [2.24, 2.45) is 0 Å². The number of methoxy groups -OCH3 is 2. The lowest BCUT2D eigenvalue weighted by Gasteiger charge is -2.21. The van der Waals surface area contributed by atoms with Crippen LogP contribution in [0.4, 0.5) is 23.1 Å². The minimum atomic E-state index is -3.65. The highest BCUT2D eigenvalue weighted by atomic mass is 35.5. The second-order valence-electron chi connectivity index (χ2n) is 10.5. The summed E-state index contributed by atoms with van der Waals surface area (Å²) in [7, 11) is 2.95. The van der Waals surface area contributed by atoms with E-state index in [9.17, 15) is 13.2 Å². The van der Waals surface area contributed by atoms with Gasteiger partial charge >= 0.3 is 0 Å². The van der Waals surface area contributed by atoms with E-state index >= 15 is 0 Å². The van der Waals surface area contributed by atoms with Crippen LogP contribution in [-0.2, 0) is 27.5 Å². The number of hydrogen-bond donors (Lipinski definition) is 2. The Morgan fingerprint density at radius 3 is 2.36 bits per heavy atom. The molecule has 0 unspecified atom stereocenters. The number of halogens is 1. The molecular weight excluding hydrogens is 580 g/mol. The summed E-state index contributed by atoms with van der Waals surface area (Å²) in [6, 6.07) is 8.78. The van der Waals surface area contributed by atoms with Gasteiger partial charge in [0.2, 0.25) is 11.9 Å². The van der Waals surface area contributed by atoms with Gasteiger partial charge in [0.1, 0.15) is 16.5 Å². The number of fused-ring (bicyclic) bond motifs is 1. The molecule has 226 valence electrons. The topological polar surface area (TPSA) is 126 Å². The largest absolute Gasteiger partial charge is 0.497 e. The van der Waals surface area contributed by atoms with Gasteiger partial charge in [-0.3, -0.25) is 9.69 Å². The summed E-state index contributed by atoms with van der Waals surface area (Å²) < 4.78 is 37.2. The maximum absolute atomic E-state index is 13.1. The summed E-state index contributed by atoms with van der Waals surface area (Å²) >= 11 is 6.43. The van der Waals surface area contributed by atoms with E-state index in [1.54, 1.807) is 52.1 Å². The lowest BCUT2D eigenvalue weighted by molar-refractivity contribution is -0.129. The number of sulfone groups is 1. The highest BCUT2D eigenvalue weighted by molar-refractivity contribution is 7.92. The molecule has 2 aromatic carbocycles. The number of carbonyl (C=O) groups is 1. The highest BCUT2D eigenvalue weighted by Crippen LogP contribution is 2.35. The molecule has 0 fully saturated rings. The average Bonchev–Trinajstić information content (AvgIpc) is 3.15. The van der Waals surface area contributed by atoms with Crippen molar-refractivity contribution in [3.8, 4) is 11.5 Å². The van der Waals surface area contributed by atoms with Crippen molar-refractivity contribution in [2.45, 2.75) is 36.8 Å². The quantitative estimate of drug-likeness (QED) is 0.340. The summed E-state index contributed by atoms with van der Waals surface area (Å²) in [6.07, 6.45) is 3.00. The van der Waals surface area contributed by atoms with E-state index in [4.69, 9.17) is 21.1 Å². The number of benzene rings is 2. The monoisotopic (exact) mass is 616 g/mol. The average molecular weight is 617 g/mol. The molecule has 0 bridgehead atoms. The van der Waals surface area contributed by atoms with E-state index in [-0.39, 0.29) is 27.6 Å². The van der Waals surface area contributed by atoms with Crippen molar-refractivity contribution in [1.29, 1.82) is 0 Å². The second kappa shape index (κ2) is 13.1. The van der Waals surface area contributed by atoms with Gasteiger partial charge in [-0.25, -0.2) is 13.4 Å². The van der Waals surface area contributed by atoms with Crippen molar-refractivity contribution in [1.82, 2.24) is 19.8 Å². The fraction of sp³-hybridized carbons (Fsp3) is 0.414. The third kappa shape index (κ3) is 7.05. The van der Waals surface area contributed by atoms with Gasteiger partial charge in [0, 0.05) is 33.3 Å². The number of nitrogens with one attached hydrogen (secondary N) is 2. The number of ether oxygens (including phenoxy) is 2. The summed E-state index contributed by atoms with van der Waals surface area (Å²) in [4.78, 5) is 25.0. The maximum atomic E-state index is 13.1. The Morgan fingerprint density at radius 2 is 1.74 bits per heavy atom.